The number of Topliss-reactive ketones (excluding diaryl/α,β-unsaturated/α-hetero) is 1. The van der Waals surface area contributed by atoms with Gasteiger partial charge in [0.05, 0.1) is 13.0 Å². The van der Waals surface area contributed by atoms with Crippen molar-refractivity contribution in [3.63, 3.8) is 0 Å². The van der Waals surface area contributed by atoms with Crippen molar-refractivity contribution < 1.29 is 9.53 Å². The van der Waals surface area contributed by atoms with Crippen LogP contribution in [0, 0.1) is 0 Å². The largest absolute Gasteiger partial charge is 0.493 e. The number of carbonyl (C=O) groups excluding carboxylic acids is 1. The molecule has 0 spiro atoms. The lowest BCUT2D eigenvalue weighted by Gasteiger charge is -2.07. The highest BCUT2D eigenvalue weighted by Gasteiger charge is 2.09. The van der Waals surface area contributed by atoms with Gasteiger partial charge in [-0.25, -0.2) is 4.98 Å². The maximum Gasteiger partial charge on any atom is 0.143 e. The van der Waals surface area contributed by atoms with E-state index in [9.17, 15) is 4.79 Å². The maximum absolute atomic E-state index is 11.9. The van der Waals surface area contributed by atoms with E-state index in [0.29, 0.717) is 19.4 Å². The van der Waals surface area contributed by atoms with Crippen LogP contribution in [0.2, 0.25) is 0 Å². The highest BCUT2D eigenvalue weighted by atomic mass is 16.5. The summed E-state index contributed by atoms with van der Waals surface area (Å²) in [6.45, 7) is 3.43. The highest BCUT2D eigenvalue weighted by molar-refractivity contribution is 5.80. The van der Waals surface area contributed by atoms with E-state index in [-0.39, 0.29) is 5.78 Å². The van der Waals surface area contributed by atoms with E-state index in [0.717, 1.165) is 24.5 Å². The Bertz CT molecular complexity index is 534. The van der Waals surface area contributed by atoms with Gasteiger partial charge in [-0.3, -0.25) is 4.79 Å². The fourth-order valence-corrected chi connectivity index (χ4v) is 2.02. The molecule has 0 bridgehead atoms. The number of aromatic nitrogens is 2. The minimum Gasteiger partial charge on any atom is -0.493 e. The van der Waals surface area contributed by atoms with E-state index in [1.54, 1.807) is 6.20 Å². The van der Waals surface area contributed by atoms with Crippen LogP contribution in [0.1, 0.15) is 25.6 Å². The topological polar surface area (TPSA) is 44.1 Å². The van der Waals surface area contributed by atoms with Gasteiger partial charge in [0.1, 0.15) is 17.4 Å². The van der Waals surface area contributed by atoms with Crippen LogP contribution in [-0.2, 0) is 17.8 Å². The number of ether oxygens (including phenoxy) is 1. The second-order valence-electron chi connectivity index (χ2n) is 4.66. The minimum absolute atomic E-state index is 0.157. The molecule has 4 heteroatoms. The first-order chi connectivity index (χ1) is 9.79. The van der Waals surface area contributed by atoms with Crippen LogP contribution in [0.25, 0.3) is 0 Å². The summed E-state index contributed by atoms with van der Waals surface area (Å²) in [7, 11) is 0. The van der Waals surface area contributed by atoms with Crippen LogP contribution >= 0.6 is 0 Å². The lowest BCUT2D eigenvalue weighted by Crippen LogP contribution is -2.12. The zero-order chi connectivity index (χ0) is 14.2. The zero-order valence-electron chi connectivity index (χ0n) is 11.8. The van der Waals surface area contributed by atoms with E-state index >= 15 is 0 Å². The molecule has 1 heterocycles. The van der Waals surface area contributed by atoms with Gasteiger partial charge in [0, 0.05) is 25.4 Å². The van der Waals surface area contributed by atoms with Crippen LogP contribution in [0.3, 0.4) is 0 Å². The molecule has 0 aliphatic heterocycles. The van der Waals surface area contributed by atoms with Crippen molar-refractivity contribution >= 4 is 5.78 Å². The van der Waals surface area contributed by atoms with Crippen molar-refractivity contribution in [3.05, 3.63) is 48.5 Å². The monoisotopic (exact) mass is 272 g/mol. The first kappa shape index (κ1) is 14.3. The molecule has 0 aliphatic carbocycles. The fourth-order valence-electron chi connectivity index (χ4n) is 2.02. The van der Waals surface area contributed by atoms with Crippen LogP contribution < -0.4 is 4.74 Å². The number of imidazole rings is 1. The van der Waals surface area contributed by atoms with Gasteiger partial charge in [-0.2, -0.15) is 0 Å². The van der Waals surface area contributed by atoms with Gasteiger partial charge in [0.15, 0.2) is 0 Å². The number of para-hydroxylation sites is 1. The Labute approximate surface area is 119 Å². The molecular weight excluding hydrogens is 252 g/mol. The van der Waals surface area contributed by atoms with Gasteiger partial charge in [-0.05, 0) is 18.6 Å². The number of hydrogen-bond donors (Lipinski definition) is 0. The number of nitrogens with zero attached hydrogens (tertiary/aromatic N) is 2. The Morgan fingerprint density at radius 2 is 2.10 bits per heavy atom. The van der Waals surface area contributed by atoms with Gasteiger partial charge in [0.25, 0.3) is 0 Å². The van der Waals surface area contributed by atoms with Crippen molar-refractivity contribution in [1.82, 2.24) is 9.55 Å². The van der Waals surface area contributed by atoms with Crippen molar-refractivity contribution in [3.8, 4) is 5.75 Å². The second-order valence-corrected chi connectivity index (χ2v) is 4.66. The maximum atomic E-state index is 11.9. The summed E-state index contributed by atoms with van der Waals surface area (Å²) in [5.41, 5.74) is 0. The Hall–Kier alpha value is -2.10. The summed E-state index contributed by atoms with van der Waals surface area (Å²) in [6.07, 6.45) is 5.50. The lowest BCUT2D eigenvalue weighted by atomic mass is 10.2. The van der Waals surface area contributed by atoms with E-state index < -0.39 is 0 Å². The number of benzene rings is 1. The summed E-state index contributed by atoms with van der Waals surface area (Å²) in [4.78, 5) is 16.2. The Balaban J connectivity index is 1.76. The molecule has 2 rings (SSSR count). The molecule has 4 nitrogen and oxygen atoms in total. The molecule has 0 N–H and O–H groups in total. The second kappa shape index (κ2) is 7.48. The molecule has 2 aromatic rings. The number of aryl methyl sites for hydroxylation is 1. The summed E-state index contributed by atoms with van der Waals surface area (Å²) < 4.78 is 7.56. The summed E-state index contributed by atoms with van der Waals surface area (Å²) >= 11 is 0. The molecule has 106 valence electrons. The molecule has 0 unspecified atom stereocenters. The zero-order valence-corrected chi connectivity index (χ0v) is 11.8. The van der Waals surface area contributed by atoms with Crippen molar-refractivity contribution in [1.29, 1.82) is 0 Å². The predicted octanol–water partition coefficient (Wildman–Crippen LogP) is 2.87. The molecule has 0 fully saturated rings. The van der Waals surface area contributed by atoms with Gasteiger partial charge < -0.3 is 9.30 Å². The highest BCUT2D eigenvalue weighted by Crippen LogP contribution is 2.09. The Kier molecular flexibility index (Phi) is 5.35. The first-order valence-electron chi connectivity index (χ1n) is 6.99. The third-order valence-corrected chi connectivity index (χ3v) is 3.01. The SMILES string of the molecule is CCCn1ccnc1CC(=O)CCOc1ccccc1. The van der Waals surface area contributed by atoms with Gasteiger partial charge in [-0.15, -0.1) is 0 Å². The number of hydrogen-bond acceptors (Lipinski definition) is 3. The van der Waals surface area contributed by atoms with Gasteiger partial charge >= 0.3 is 0 Å². The molecule has 1 aromatic heterocycles. The summed E-state index contributed by atoms with van der Waals surface area (Å²) in [5.74, 6) is 1.80. The van der Waals surface area contributed by atoms with E-state index in [1.165, 1.54) is 0 Å². The van der Waals surface area contributed by atoms with E-state index in [2.05, 4.69) is 11.9 Å². The third kappa shape index (κ3) is 4.23. The normalized spacial score (nSPS) is 10.4. The standard InChI is InChI=1S/C16H20N2O2/c1-2-10-18-11-9-17-16(18)13-14(19)8-12-20-15-6-4-3-5-7-15/h3-7,9,11H,2,8,10,12-13H2,1H3. The average molecular weight is 272 g/mol. The predicted molar refractivity (Wildman–Crippen MR) is 77.8 cm³/mol. The Morgan fingerprint density at radius 3 is 2.85 bits per heavy atom. The first-order valence-corrected chi connectivity index (χ1v) is 6.99. The smallest absolute Gasteiger partial charge is 0.143 e. The minimum atomic E-state index is 0.157. The Morgan fingerprint density at radius 1 is 1.30 bits per heavy atom. The van der Waals surface area contributed by atoms with Crippen molar-refractivity contribution in [2.75, 3.05) is 6.61 Å². The molecular formula is C16H20N2O2. The fraction of sp³-hybridized carbons (Fsp3) is 0.375. The average Bonchev–Trinajstić information content (AvgIpc) is 2.88. The molecule has 1 aromatic carbocycles. The number of ketones is 1. The van der Waals surface area contributed by atoms with Crippen LogP contribution in [0.5, 0.6) is 5.75 Å². The van der Waals surface area contributed by atoms with Gasteiger partial charge in [0.2, 0.25) is 0 Å². The van der Waals surface area contributed by atoms with E-state index in [4.69, 9.17) is 4.74 Å². The van der Waals surface area contributed by atoms with E-state index in [1.807, 2.05) is 41.1 Å². The van der Waals surface area contributed by atoms with Crippen LogP contribution in [0.15, 0.2) is 42.7 Å². The molecule has 0 atom stereocenters. The number of rotatable bonds is 8. The lowest BCUT2D eigenvalue weighted by molar-refractivity contribution is -0.119. The molecule has 0 amide bonds. The summed E-state index contributed by atoms with van der Waals surface area (Å²) in [6, 6.07) is 9.54. The molecule has 0 radical (unpaired) electrons. The van der Waals surface area contributed by atoms with Gasteiger partial charge in [-0.1, -0.05) is 25.1 Å². The molecule has 0 aliphatic rings. The van der Waals surface area contributed by atoms with Crippen LogP contribution in [0.4, 0.5) is 0 Å². The number of carbonyl (C=O) groups is 1. The molecule has 0 saturated carbocycles. The van der Waals surface area contributed by atoms with Crippen molar-refractivity contribution in [2.45, 2.75) is 32.7 Å². The third-order valence-electron chi connectivity index (χ3n) is 3.01. The van der Waals surface area contributed by atoms with Crippen LogP contribution in [-0.4, -0.2) is 21.9 Å². The van der Waals surface area contributed by atoms with Crippen molar-refractivity contribution in [2.24, 2.45) is 0 Å². The summed E-state index contributed by atoms with van der Waals surface area (Å²) in [5, 5.41) is 0. The molecule has 20 heavy (non-hydrogen) atoms. The molecule has 0 saturated heterocycles. The quantitative estimate of drug-likeness (QED) is 0.742.